The van der Waals surface area contributed by atoms with E-state index in [0.29, 0.717) is 38.2 Å². The number of azo groups is 1. The van der Waals surface area contributed by atoms with Gasteiger partial charge in [-0.25, -0.2) is 19.6 Å². The summed E-state index contributed by atoms with van der Waals surface area (Å²) in [6, 6.07) is 25.4. The predicted molar refractivity (Wildman–Crippen MR) is 235 cm³/mol. The molecule has 8 rings (SSSR count). The highest BCUT2D eigenvalue weighted by Crippen LogP contribution is 2.48. The minimum atomic E-state index is -4.68. The number of para-hydroxylation sites is 2. The summed E-state index contributed by atoms with van der Waals surface area (Å²) < 4.78 is 39.5. The molecule has 17 heteroatoms. The highest BCUT2D eigenvalue weighted by molar-refractivity contribution is 7.86. The number of nitrogens with zero attached hydrogens (tertiary/aromatic N) is 10. The monoisotopic (exact) mass is 849 g/mol. The summed E-state index contributed by atoms with van der Waals surface area (Å²) in [7, 11) is -4.68. The van der Waals surface area contributed by atoms with E-state index >= 15 is 0 Å². The number of anilines is 5. The molecule has 60 heavy (non-hydrogen) atoms. The molecule has 2 N–H and O–H groups in total. The number of nitriles is 2. The van der Waals surface area contributed by atoms with Gasteiger partial charge in [-0.3, -0.25) is 9.45 Å². The molecule has 0 atom stereocenters. The summed E-state index contributed by atoms with van der Waals surface area (Å²) >= 11 is 2.75. The van der Waals surface area contributed by atoms with Crippen LogP contribution in [0.2, 0.25) is 0 Å². The van der Waals surface area contributed by atoms with Crippen molar-refractivity contribution in [1.82, 2.24) is 24.7 Å². The second-order valence-electron chi connectivity index (χ2n) is 14.3. The second-order valence-corrected chi connectivity index (χ2v) is 17.7. The van der Waals surface area contributed by atoms with Gasteiger partial charge in [0.15, 0.2) is 16.8 Å². The highest BCUT2D eigenvalue weighted by atomic mass is 32.2. The maximum Gasteiger partial charge on any atom is 0.295 e. The van der Waals surface area contributed by atoms with Crippen molar-refractivity contribution in [3.8, 4) is 17.3 Å². The Hall–Kier alpha value is -6.89. The predicted octanol–water partition coefficient (Wildman–Crippen LogP) is 11.3. The van der Waals surface area contributed by atoms with Crippen LogP contribution in [0.3, 0.4) is 0 Å². The number of rotatable bonds is 9. The Bertz CT molecular complexity index is 3210. The van der Waals surface area contributed by atoms with E-state index in [1.807, 2.05) is 88.4 Å². The minimum absolute atomic E-state index is 0.0344. The number of aryl methyl sites for hydroxylation is 5. The van der Waals surface area contributed by atoms with Crippen LogP contribution in [0.1, 0.15) is 50.1 Å². The summed E-state index contributed by atoms with van der Waals surface area (Å²) in [5.74, 6) is 0.382. The third-order valence-corrected chi connectivity index (χ3v) is 13.2. The molecule has 8 aromatic rings. The van der Waals surface area contributed by atoms with E-state index in [2.05, 4.69) is 37.8 Å². The van der Waals surface area contributed by atoms with Gasteiger partial charge in [0.2, 0.25) is 10.9 Å². The quantitative estimate of drug-likeness (QED) is 0.103. The molecular formula is C43H35N11O3S3. The molecule has 0 amide bonds. The maximum atomic E-state index is 12.9. The van der Waals surface area contributed by atoms with Crippen molar-refractivity contribution in [3.63, 3.8) is 0 Å². The van der Waals surface area contributed by atoms with Crippen molar-refractivity contribution in [2.75, 3.05) is 10.2 Å². The molecule has 0 spiro atoms. The molecule has 0 saturated heterocycles. The first-order valence-electron chi connectivity index (χ1n) is 18.5. The van der Waals surface area contributed by atoms with Crippen LogP contribution in [-0.2, 0) is 10.1 Å². The summed E-state index contributed by atoms with van der Waals surface area (Å²) in [5, 5.41) is 39.3. The highest BCUT2D eigenvalue weighted by Gasteiger charge is 2.31. The summed E-state index contributed by atoms with van der Waals surface area (Å²) in [5.41, 5.74) is 7.60. The summed E-state index contributed by atoms with van der Waals surface area (Å²) in [6.45, 7) is 12.7. The summed E-state index contributed by atoms with van der Waals surface area (Å²) in [4.78, 5) is 16.2. The van der Waals surface area contributed by atoms with E-state index in [9.17, 15) is 23.5 Å². The van der Waals surface area contributed by atoms with Crippen molar-refractivity contribution >= 4 is 92.9 Å². The van der Waals surface area contributed by atoms with E-state index in [-0.39, 0.29) is 44.7 Å². The van der Waals surface area contributed by atoms with Crippen LogP contribution in [-0.4, -0.2) is 37.7 Å². The van der Waals surface area contributed by atoms with Gasteiger partial charge in [0.05, 0.1) is 32.3 Å². The molecule has 14 nitrogen and oxygen atoms in total. The molecule has 4 heterocycles. The number of hydrogen-bond donors (Lipinski definition) is 2. The topological polar surface area (TPSA) is 198 Å². The van der Waals surface area contributed by atoms with Crippen LogP contribution in [0.5, 0.6) is 0 Å². The molecule has 0 fully saturated rings. The van der Waals surface area contributed by atoms with Gasteiger partial charge in [-0.1, -0.05) is 70.7 Å². The lowest BCUT2D eigenvalue weighted by Gasteiger charge is -2.28. The van der Waals surface area contributed by atoms with E-state index in [0.717, 1.165) is 37.3 Å². The van der Waals surface area contributed by atoms with E-state index in [1.165, 1.54) is 27.4 Å². The molecule has 4 aromatic carbocycles. The lowest BCUT2D eigenvalue weighted by molar-refractivity contribution is 0.482. The van der Waals surface area contributed by atoms with Crippen molar-refractivity contribution < 1.29 is 13.0 Å². The van der Waals surface area contributed by atoms with Crippen LogP contribution in [0, 0.1) is 71.1 Å². The number of hydrogen-bond acceptors (Lipinski definition) is 14. The van der Waals surface area contributed by atoms with Gasteiger partial charge in [-0.15, -0.1) is 15.3 Å². The lowest BCUT2D eigenvalue weighted by atomic mass is 10.0. The van der Waals surface area contributed by atoms with Crippen molar-refractivity contribution in [1.29, 1.82) is 10.5 Å². The fourth-order valence-electron chi connectivity index (χ4n) is 7.50. The summed E-state index contributed by atoms with van der Waals surface area (Å²) in [6.07, 6.45) is 1.54. The lowest BCUT2D eigenvalue weighted by Crippen LogP contribution is -2.19. The first-order valence-corrected chi connectivity index (χ1v) is 21.5. The molecule has 0 bridgehead atoms. The average Bonchev–Trinajstić information content (AvgIpc) is 3.93. The zero-order chi connectivity index (χ0) is 42.6. The molecule has 4 aromatic heterocycles. The number of fused-ring (bicyclic) bond motifs is 2. The Kier molecular flexibility index (Phi) is 10.2. The first kappa shape index (κ1) is 39.9. The third kappa shape index (κ3) is 7.14. The first-order chi connectivity index (χ1) is 28.7. The maximum absolute atomic E-state index is 12.9. The van der Waals surface area contributed by atoms with E-state index in [1.54, 1.807) is 37.9 Å². The normalized spacial score (nSPS) is 11.7. The largest absolute Gasteiger partial charge is 0.338 e. The van der Waals surface area contributed by atoms with Gasteiger partial charge in [0, 0.05) is 11.3 Å². The standard InChI is InChI=1S/C43H35N11O3S3/c1-22-16-23(2)35(24(3)17-22)48-40-36(50-51-39-29(19-44)21-53(52-39)42-46-31-12-8-10-14-33(31)58-42)27(6)30(20-45)41(49-40)54(43-47-32-13-9-11-15-34(32)59-43)37-25(4)18-26(5)38(28(37)7)60(55,56)57/h8-18,21H,1-7H3,(H,48,49)(H,55,56,57). The van der Waals surface area contributed by atoms with Crippen LogP contribution in [0.4, 0.5) is 39.6 Å². The number of pyridine rings is 1. The molecule has 0 unspecified atom stereocenters. The molecule has 0 radical (unpaired) electrons. The number of thiazole rings is 2. The van der Waals surface area contributed by atoms with Gasteiger partial charge < -0.3 is 5.32 Å². The molecular weight excluding hydrogens is 815 g/mol. The van der Waals surface area contributed by atoms with Crippen LogP contribution in [0.15, 0.2) is 88.1 Å². The zero-order valence-corrected chi connectivity index (χ0v) is 35.8. The third-order valence-electron chi connectivity index (χ3n) is 9.99. The Morgan fingerprint density at radius 2 is 1.43 bits per heavy atom. The Morgan fingerprint density at radius 1 is 0.783 bits per heavy atom. The van der Waals surface area contributed by atoms with Gasteiger partial charge in [-0.2, -0.15) is 18.9 Å². The Balaban J connectivity index is 1.38. The smallest absolute Gasteiger partial charge is 0.295 e. The van der Waals surface area contributed by atoms with Crippen molar-refractivity contribution in [3.05, 3.63) is 123 Å². The van der Waals surface area contributed by atoms with Gasteiger partial charge in [0.1, 0.15) is 33.8 Å². The number of aromatic nitrogens is 5. The van der Waals surface area contributed by atoms with Crippen molar-refractivity contribution in [2.45, 2.75) is 53.4 Å². The average molecular weight is 850 g/mol. The Morgan fingerprint density at radius 3 is 2.05 bits per heavy atom. The molecule has 0 saturated carbocycles. The molecule has 0 aliphatic heterocycles. The Labute approximate surface area is 353 Å². The van der Waals surface area contributed by atoms with Crippen LogP contribution >= 0.6 is 22.7 Å². The van der Waals surface area contributed by atoms with E-state index < -0.39 is 10.1 Å². The zero-order valence-electron chi connectivity index (χ0n) is 33.4. The molecule has 0 aliphatic carbocycles. The fraction of sp³-hybridized carbons (Fsp3) is 0.163. The molecule has 298 valence electrons. The van der Waals surface area contributed by atoms with Gasteiger partial charge in [0.25, 0.3) is 10.1 Å². The van der Waals surface area contributed by atoms with Gasteiger partial charge >= 0.3 is 0 Å². The SMILES string of the molecule is Cc1cc(C)c(Nc2nc(N(c3nc4ccccc4s3)c3c(C)cc(C)c(S(=O)(=O)O)c3C)c(C#N)c(C)c2N=Nc2nn(-c3nc4ccccc4s3)cc2C#N)c(C)c1. The van der Waals surface area contributed by atoms with E-state index in [4.69, 9.17) is 9.97 Å². The number of nitrogens with one attached hydrogen (secondary N) is 1. The van der Waals surface area contributed by atoms with Gasteiger partial charge in [-0.05, 0) is 101 Å². The van der Waals surface area contributed by atoms with Crippen LogP contribution in [0.25, 0.3) is 25.6 Å². The van der Waals surface area contributed by atoms with Crippen molar-refractivity contribution in [2.24, 2.45) is 10.2 Å². The van der Waals surface area contributed by atoms with Crippen LogP contribution < -0.4 is 10.2 Å². The molecule has 0 aliphatic rings. The number of benzene rings is 4. The second kappa shape index (κ2) is 15.4. The fourth-order valence-corrected chi connectivity index (χ4v) is 10.3. The minimum Gasteiger partial charge on any atom is -0.338 e.